The fourth-order valence-electron chi connectivity index (χ4n) is 2.61. The maximum absolute atomic E-state index is 12.4. The second-order valence-corrected chi connectivity index (χ2v) is 5.13. The van der Waals surface area contributed by atoms with Crippen molar-refractivity contribution < 1.29 is 4.79 Å². The quantitative estimate of drug-likeness (QED) is 0.744. The Hall–Kier alpha value is -2.63. The van der Waals surface area contributed by atoms with E-state index in [1.54, 1.807) is 11.1 Å². The van der Waals surface area contributed by atoms with Gasteiger partial charge in [-0.3, -0.25) is 14.6 Å². The summed E-state index contributed by atoms with van der Waals surface area (Å²) in [6.45, 7) is 2.73. The van der Waals surface area contributed by atoms with Crippen molar-refractivity contribution in [3.63, 3.8) is 0 Å². The molecule has 0 saturated heterocycles. The Labute approximate surface area is 121 Å². The van der Waals surface area contributed by atoms with Crippen molar-refractivity contribution in [3.8, 4) is 0 Å². The van der Waals surface area contributed by atoms with Gasteiger partial charge in [-0.1, -0.05) is 0 Å². The molecule has 2 aromatic heterocycles. The molecule has 0 amide bonds. The third kappa shape index (κ3) is 1.91. The third-order valence-corrected chi connectivity index (χ3v) is 3.62. The van der Waals surface area contributed by atoms with E-state index in [9.17, 15) is 9.59 Å². The van der Waals surface area contributed by atoms with E-state index in [1.165, 1.54) is 0 Å². The van der Waals surface area contributed by atoms with Crippen LogP contribution in [0.2, 0.25) is 0 Å². The minimum absolute atomic E-state index is 0.230. The Morgan fingerprint density at radius 3 is 2.71 bits per heavy atom. The van der Waals surface area contributed by atoms with Gasteiger partial charge in [-0.15, -0.1) is 0 Å². The zero-order valence-electron chi connectivity index (χ0n) is 12.2. The molecule has 0 saturated carbocycles. The predicted octanol–water partition coefficient (Wildman–Crippen LogP) is 1.78. The molecule has 0 bridgehead atoms. The fraction of sp³-hybridized carbons (Fsp3) is 0.267. The van der Waals surface area contributed by atoms with Crippen LogP contribution in [-0.2, 0) is 6.54 Å². The number of hydrogen-bond donors (Lipinski definition) is 1. The summed E-state index contributed by atoms with van der Waals surface area (Å²) in [5.74, 6) is 0.495. The first kappa shape index (κ1) is 13.4. The summed E-state index contributed by atoms with van der Waals surface area (Å²) in [7, 11) is 3.63. The first-order valence-corrected chi connectivity index (χ1v) is 6.75. The molecule has 6 nitrogen and oxygen atoms in total. The molecule has 0 fully saturated rings. The van der Waals surface area contributed by atoms with Crippen molar-refractivity contribution in [1.29, 1.82) is 0 Å². The lowest BCUT2D eigenvalue weighted by atomic mass is 10.1. The Morgan fingerprint density at radius 2 is 2.10 bits per heavy atom. The van der Waals surface area contributed by atoms with Crippen LogP contribution >= 0.6 is 0 Å². The van der Waals surface area contributed by atoms with Gasteiger partial charge in [-0.25, -0.2) is 4.98 Å². The molecule has 3 aromatic rings. The number of anilines is 1. The number of nitrogens with zero attached hydrogens (tertiary/aromatic N) is 3. The third-order valence-electron chi connectivity index (χ3n) is 3.62. The molecule has 0 aliphatic rings. The van der Waals surface area contributed by atoms with Crippen molar-refractivity contribution in [1.82, 2.24) is 14.5 Å². The number of aromatic amines is 1. The molecule has 0 aliphatic carbocycles. The Balaban J connectivity index is 2.51. The molecular formula is C15H16N4O2. The molecule has 3 rings (SSSR count). The summed E-state index contributed by atoms with van der Waals surface area (Å²) in [4.78, 5) is 32.7. The number of fused-ring (bicyclic) bond motifs is 3. The van der Waals surface area contributed by atoms with Gasteiger partial charge < -0.3 is 9.47 Å². The van der Waals surface area contributed by atoms with Gasteiger partial charge in [0.1, 0.15) is 0 Å². The summed E-state index contributed by atoms with van der Waals surface area (Å²) in [6, 6.07) is 3.72. The van der Waals surface area contributed by atoms with Crippen LogP contribution in [0.1, 0.15) is 17.3 Å². The number of aromatic nitrogens is 3. The number of carbonyl (C=O) groups is 1. The molecule has 6 heteroatoms. The molecule has 1 aromatic carbocycles. The minimum atomic E-state index is -0.230. The van der Waals surface area contributed by atoms with Crippen LogP contribution in [0.5, 0.6) is 0 Å². The lowest BCUT2D eigenvalue weighted by Crippen LogP contribution is -2.19. The maximum atomic E-state index is 12.4. The number of hydrogen-bond acceptors (Lipinski definition) is 4. The number of H-pyrrole nitrogens is 1. The molecule has 0 spiro atoms. The Morgan fingerprint density at radius 1 is 1.33 bits per heavy atom. The van der Waals surface area contributed by atoms with Gasteiger partial charge in [0.25, 0.3) is 5.56 Å². The van der Waals surface area contributed by atoms with E-state index in [-0.39, 0.29) is 5.56 Å². The maximum Gasteiger partial charge on any atom is 0.260 e. The smallest absolute Gasteiger partial charge is 0.260 e. The highest BCUT2D eigenvalue weighted by Gasteiger charge is 2.15. The standard InChI is InChI=1S/C15H16N4O2/c1-4-19-7-9(8-20)12-11(19)6-5-10-13(12)14(21)17-15(16-10)18(2)3/h5-8H,4H2,1-3H3,(H,16,17,21). The van der Waals surface area contributed by atoms with Crippen LogP contribution in [0.4, 0.5) is 5.95 Å². The van der Waals surface area contributed by atoms with Gasteiger partial charge >= 0.3 is 0 Å². The summed E-state index contributed by atoms with van der Waals surface area (Å²) >= 11 is 0. The molecule has 108 valence electrons. The fourth-order valence-corrected chi connectivity index (χ4v) is 2.61. The largest absolute Gasteiger partial charge is 0.348 e. The number of benzene rings is 1. The zero-order valence-corrected chi connectivity index (χ0v) is 12.2. The van der Waals surface area contributed by atoms with Crippen LogP contribution in [0.15, 0.2) is 23.1 Å². The van der Waals surface area contributed by atoms with Crippen molar-refractivity contribution in [3.05, 3.63) is 34.2 Å². The lowest BCUT2D eigenvalue weighted by molar-refractivity contribution is 0.112. The highest BCUT2D eigenvalue weighted by Crippen LogP contribution is 2.26. The topological polar surface area (TPSA) is 71.0 Å². The van der Waals surface area contributed by atoms with E-state index in [1.807, 2.05) is 37.7 Å². The number of nitrogens with one attached hydrogen (secondary N) is 1. The zero-order chi connectivity index (χ0) is 15.1. The van der Waals surface area contributed by atoms with E-state index in [0.29, 0.717) is 27.8 Å². The summed E-state index contributed by atoms with van der Waals surface area (Å²) in [5.41, 5.74) is 1.75. The second-order valence-electron chi connectivity index (χ2n) is 5.13. The van der Waals surface area contributed by atoms with Gasteiger partial charge in [0, 0.05) is 43.3 Å². The van der Waals surface area contributed by atoms with E-state index >= 15 is 0 Å². The molecule has 0 unspecified atom stereocenters. The molecule has 1 N–H and O–H groups in total. The molecular weight excluding hydrogens is 268 g/mol. The Bertz CT molecular complexity index is 905. The average molecular weight is 284 g/mol. The van der Waals surface area contributed by atoms with Gasteiger partial charge in [-0.2, -0.15) is 0 Å². The van der Waals surface area contributed by atoms with Gasteiger partial charge in [0.2, 0.25) is 5.95 Å². The summed E-state index contributed by atoms with van der Waals surface area (Å²) in [6.07, 6.45) is 2.56. The highest BCUT2D eigenvalue weighted by molar-refractivity contribution is 6.12. The van der Waals surface area contributed by atoms with E-state index in [4.69, 9.17) is 0 Å². The molecule has 0 aliphatic heterocycles. The first-order chi connectivity index (χ1) is 10.1. The number of aldehydes is 1. The average Bonchev–Trinajstić information content (AvgIpc) is 2.84. The van der Waals surface area contributed by atoms with Gasteiger partial charge in [0.15, 0.2) is 6.29 Å². The van der Waals surface area contributed by atoms with Crippen molar-refractivity contribution in [2.45, 2.75) is 13.5 Å². The van der Waals surface area contributed by atoms with E-state index in [0.717, 1.165) is 18.3 Å². The minimum Gasteiger partial charge on any atom is -0.348 e. The lowest BCUT2D eigenvalue weighted by Gasteiger charge is -2.11. The molecule has 2 heterocycles. The van der Waals surface area contributed by atoms with E-state index in [2.05, 4.69) is 9.97 Å². The van der Waals surface area contributed by atoms with Crippen LogP contribution in [0, 0.1) is 0 Å². The van der Waals surface area contributed by atoms with Crippen LogP contribution in [0.25, 0.3) is 21.8 Å². The summed E-state index contributed by atoms with van der Waals surface area (Å²) in [5, 5.41) is 1.14. The predicted molar refractivity (Wildman–Crippen MR) is 83.2 cm³/mol. The number of rotatable bonds is 3. The van der Waals surface area contributed by atoms with Gasteiger partial charge in [0.05, 0.1) is 10.9 Å². The van der Waals surface area contributed by atoms with E-state index < -0.39 is 0 Å². The highest BCUT2D eigenvalue weighted by atomic mass is 16.1. The Kier molecular flexibility index (Phi) is 3.01. The normalized spacial score (nSPS) is 11.2. The van der Waals surface area contributed by atoms with Crippen molar-refractivity contribution in [2.24, 2.45) is 0 Å². The van der Waals surface area contributed by atoms with Crippen LogP contribution in [-0.4, -0.2) is 34.9 Å². The van der Waals surface area contributed by atoms with Crippen LogP contribution in [0.3, 0.4) is 0 Å². The molecule has 0 radical (unpaired) electrons. The molecule has 21 heavy (non-hydrogen) atoms. The van der Waals surface area contributed by atoms with Gasteiger partial charge in [-0.05, 0) is 19.1 Å². The van der Waals surface area contributed by atoms with Crippen LogP contribution < -0.4 is 10.5 Å². The summed E-state index contributed by atoms with van der Waals surface area (Å²) < 4.78 is 1.96. The SMILES string of the molecule is CCn1cc(C=O)c2c3c(=O)[nH]c(N(C)C)nc3ccc21. The second kappa shape index (κ2) is 4.73. The number of aryl methyl sites for hydroxylation is 1. The monoisotopic (exact) mass is 284 g/mol. The van der Waals surface area contributed by atoms with Crippen molar-refractivity contribution in [2.75, 3.05) is 19.0 Å². The molecule has 0 atom stereocenters. The van der Waals surface area contributed by atoms with Crippen molar-refractivity contribution >= 4 is 34.0 Å². The number of carbonyl (C=O) groups excluding carboxylic acids is 1. The first-order valence-electron chi connectivity index (χ1n) is 6.75.